The van der Waals surface area contributed by atoms with Gasteiger partial charge in [-0.05, 0) is 36.7 Å². The lowest BCUT2D eigenvalue weighted by Gasteiger charge is -2.26. The largest absolute Gasteiger partial charge is 0.445 e. The Kier molecular flexibility index (Phi) is 13.6. The van der Waals surface area contributed by atoms with E-state index in [1.807, 2.05) is 65.0 Å². The standard InChI is InChI=1S/C26H41N3O5/c1-6-7-13-21(16-30)27-24(31)22(14-18(2)3)28-25(32)23(15-19(4)5)29-26(33)34-17-20-11-9-8-10-12-20/h8-12,16,18-19,21-23H,6-7,13-15,17H2,1-5H3,(H,27,31)(H,28,32)(H,29,33)/t21-,22+,23-/m1/s1. The minimum absolute atomic E-state index is 0.0892. The van der Waals surface area contributed by atoms with Crippen molar-refractivity contribution in [1.82, 2.24) is 16.0 Å². The van der Waals surface area contributed by atoms with Crippen LogP contribution in [0.2, 0.25) is 0 Å². The zero-order chi connectivity index (χ0) is 25.5. The highest BCUT2D eigenvalue weighted by Crippen LogP contribution is 2.10. The van der Waals surface area contributed by atoms with Crippen molar-refractivity contribution >= 4 is 24.2 Å². The van der Waals surface area contributed by atoms with Crippen molar-refractivity contribution in [2.24, 2.45) is 11.8 Å². The Morgan fingerprint density at radius 2 is 1.44 bits per heavy atom. The molecular formula is C26H41N3O5. The summed E-state index contributed by atoms with van der Waals surface area (Å²) >= 11 is 0. The predicted molar refractivity (Wildman–Crippen MR) is 132 cm³/mol. The first-order valence-electron chi connectivity index (χ1n) is 12.2. The molecule has 3 atom stereocenters. The number of ether oxygens (including phenoxy) is 1. The van der Waals surface area contributed by atoms with E-state index in [1.54, 1.807) is 0 Å². The molecule has 0 bridgehead atoms. The Balaban J connectivity index is 2.82. The molecule has 8 nitrogen and oxygen atoms in total. The minimum Gasteiger partial charge on any atom is -0.445 e. The van der Waals surface area contributed by atoms with Gasteiger partial charge in [-0.1, -0.05) is 77.8 Å². The van der Waals surface area contributed by atoms with Crippen LogP contribution < -0.4 is 16.0 Å². The van der Waals surface area contributed by atoms with Gasteiger partial charge < -0.3 is 25.5 Å². The van der Waals surface area contributed by atoms with Gasteiger partial charge in [0.2, 0.25) is 11.8 Å². The molecule has 0 aliphatic carbocycles. The molecule has 0 aliphatic heterocycles. The van der Waals surface area contributed by atoms with E-state index in [2.05, 4.69) is 16.0 Å². The van der Waals surface area contributed by atoms with Gasteiger partial charge in [-0.25, -0.2) is 4.79 Å². The van der Waals surface area contributed by atoms with Crippen LogP contribution in [0, 0.1) is 11.8 Å². The van der Waals surface area contributed by atoms with Gasteiger partial charge in [-0.3, -0.25) is 9.59 Å². The van der Waals surface area contributed by atoms with E-state index in [9.17, 15) is 19.2 Å². The number of carbonyl (C=O) groups excluding carboxylic acids is 4. The molecule has 8 heteroatoms. The van der Waals surface area contributed by atoms with Crippen LogP contribution in [0.25, 0.3) is 0 Å². The summed E-state index contributed by atoms with van der Waals surface area (Å²) in [6.07, 6.45) is 3.10. The summed E-state index contributed by atoms with van der Waals surface area (Å²) in [4.78, 5) is 49.7. The molecule has 3 amide bonds. The molecule has 3 N–H and O–H groups in total. The average molecular weight is 476 g/mol. The van der Waals surface area contributed by atoms with E-state index in [4.69, 9.17) is 4.74 Å². The Morgan fingerprint density at radius 1 is 0.882 bits per heavy atom. The third-order valence-corrected chi connectivity index (χ3v) is 5.23. The van der Waals surface area contributed by atoms with Crippen LogP contribution in [0.3, 0.4) is 0 Å². The number of nitrogens with one attached hydrogen (secondary N) is 3. The van der Waals surface area contributed by atoms with Gasteiger partial charge in [0, 0.05) is 0 Å². The second kappa shape index (κ2) is 15.9. The quantitative estimate of drug-likeness (QED) is 0.335. The number of hydrogen-bond acceptors (Lipinski definition) is 5. The summed E-state index contributed by atoms with van der Waals surface area (Å²) < 4.78 is 5.26. The Morgan fingerprint density at radius 3 is 1.97 bits per heavy atom. The van der Waals surface area contributed by atoms with Crippen LogP contribution in [0.15, 0.2) is 30.3 Å². The highest BCUT2D eigenvalue weighted by atomic mass is 16.5. The van der Waals surface area contributed by atoms with Gasteiger partial charge >= 0.3 is 6.09 Å². The molecule has 0 spiro atoms. The van der Waals surface area contributed by atoms with E-state index in [1.165, 1.54) is 0 Å². The van der Waals surface area contributed by atoms with Crippen molar-refractivity contribution < 1.29 is 23.9 Å². The summed E-state index contributed by atoms with van der Waals surface area (Å²) in [5.41, 5.74) is 0.837. The second-order valence-corrected chi connectivity index (χ2v) is 9.47. The summed E-state index contributed by atoms with van der Waals surface area (Å²) in [5, 5.41) is 8.15. The Hall–Kier alpha value is -2.90. The highest BCUT2D eigenvalue weighted by molar-refractivity contribution is 5.92. The third-order valence-electron chi connectivity index (χ3n) is 5.23. The molecule has 0 fully saturated rings. The van der Waals surface area contributed by atoms with Crippen molar-refractivity contribution in [3.63, 3.8) is 0 Å². The van der Waals surface area contributed by atoms with E-state index < -0.39 is 36.0 Å². The molecule has 1 rings (SSSR count). The number of alkyl carbamates (subject to hydrolysis) is 1. The zero-order valence-corrected chi connectivity index (χ0v) is 21.1. The number of hydrogen-bond donors (Lipinski definition) is 3. The maximum Gasteiger partial charge on any atom is 0.408 e. The number of benzene rings is 1. The lowest BCUT2D eigenvalue weighted by Crippen LogP contribution is -2.55. The van der Waals surface area contributed by atoms with Crippen LogP contribution in [0.1, 0.15) is 72.3 Å². The van der Waals surface area contributed by atoms with Gasteiger partial charge in [0.1, 0.15) is 25.0 Å². The molecule has 1 aromatic carbocycles. The molecule has 0 heterocycles. The van der Waals surface area contributed by atoms with Crippen molar-refractivity contribution in [2.45, 2.75) is 91.5 Å². The van der Waals surface area contributed by atoms with E-state index in [-0.39, 0.29) is 18.4 Å². The maximum atomic E-state index is 13.1. The molecule has 0 unspecified atom stereocenters. The van der Waals surface area contributed by atoms with Crippen LogP contribution in [0.4, 0.5) is 4.79 Å². The molecule has 0 saturated heterocycles. The second-order valence-electron chi connectivity index (χ2n) is 9.47. The van der Waals surface area contributed by atoms with E-state index in [0.717, 1.165) is 24.7 Å². The third kappa shape index (κ3) is 11.8. The van der Waals surface area contributed by atoms with Gasteiger partial charge in [0.15, 0.2) is 0 Å². The zero-order valence-electron chi connectivity index (χ0n) is 21.1. The first kappa shape index (κ1) is 29.1. The number of aldehydes is 1. The van der Waals surface area contributed by atoms with E-state index >= 15 is 0 Å². The molecule has 34 heavy (non-hydrogen) atoms. The van der Waals surface area contributed by atoms with Crippen LogP contribution in [0.5, 0.6) is 0 Å². The SMILES string of the molecule is CCCC[C@H](C=O)NC(=O)[C@H](CC(C)C)NC(=O)[C@@H](CC(C)C)NC(=O)OCc1ccccc1. The minimum atomic E-state index is -0.854. The molecule has 0 aromatic heterocycles. The lowest BCUT2D eigenvalue weighted by molar-refractivity contribution is -0.131. The van der Waals surface area contributed by atoms with Gasteiger partial charge in [-0.15, -0.1) is 0 Å². The number of unbranched alkanes of at least 4 members (excludes halogenated alkanes) is 1. The molecule has 0 aliphatic rings. The highest BCUT2D eigenvalue weighted by Gasteiger charge is 2.29. The Bertz CT molecular complexity index is 767. The fraction of sp³-hybridized carbons (Fsp3) is 0.615. The first-order valence-corrected chi connectivity index (χ1v) is 12.2. The summed E-state index contributed by atoms with van der Waals surface area (Å²) in [6, 6.07) is 7.00. The molecule has 1 aromatic rings. The van der Waals surface area contributed by atoms with Gasteiger partial charge in [-0.2, -0.15) is 0 Å². The number of carbonyl (C=O) groups is 4. The summed E-state index contributed by atoms with van der Waals surface area (Å²) in [7, 11) is 0. The van der Waals surface area contributed by atoms with Crippen LogP contribution in [-0.2, 0) is 25.7 Å². The molecule has 190 valence electrons. The van der Waals surface area contributed by atoms with Crippen molar-refractivity contribution in [3.05, 3.63) is 35.9 Å². The smallest absolute Gasteiger partial charge is 0.408 e. The lowest BCUT2D eigenvalue weighted by atomic mass is 10.00. The van der Waals surface area contributed by atoms with Gasteiger partial charge in [0.05, 0.1) is 6.04 Å². The summed E-state index contributed by atoms with van der Waals surface area (Å²) in [5.74, 6) is -0.600. The van der Waals surface area contributed by atoms with Crippen molar-refractivity contribution in [2.75, 3.05) is 0 Å². The monoisotopic (exact) mass is 475 g/mol. The maximum absolute atomic E-state index is 13.1. The molecule has 0 radical (unpaired) electrons. The number of rotatable bonds is 15. The van der Waals surface area contributed by atoms with E-state index in [0.29, 0.717) is 19.3 Å². The number of amides is 3. The van der Waals surface area contributed by atoms with Gasteiger partial charge in [0.25, 0.3) is 0 Å². The van der Waals surface area contributed by atoms with Crippen molar-refractivity contribution in [3.8, 4) is 0 Å². The predicted octanol–water partition coefficient (Wildman–Crippen LogP) is 3.73. The molecular weight excluding hydrogens is 434 g/mol. The average Bonchev–Trinajstić information content (AvgIpc) is 2.79. The fourth-order valence-corrected chi connectivity index (χ4v) is 3.47. The van der Waals surface area contributed by atoms with Crippen LogP contribution in [-0.4, -0.2) is 42.3 Å². The Labute approximate surface area is 203 Å². The first-order chi connectivity index (χ1) is 16.2. The molecule has 0 saturated carbocycles. The topological polar surface area (TPSA) is 114 Å². The summed E-state index contributed by atoms with van der Waals surface area (Å²) in [6.45, 7) is 9.89. The van der Waals surface area contributed by atoms with Crippen molar-refractivity contribution in [1.29, 1.82) is 0 Å². The van der Waals surface area contributed by atoms with Crippen LogP contribution >= 0.6 is 0 Å². The normalized spacial score (nSPS) is 13.6. The fourth-order valence-electron chi connectivity index (χ4n) is 3.47.